The highest BCUT2D eigenvalue weighted by Crippen LogP contribution is 2.20. The molecule has 0 atom stereocenters. The van der Waals surface area contributed by atoms with Crippen molar-refractivity contribution in [1.29, 1.82) is 0 Å². The summed E-state index contributed by atoms with van der Waals surface area (Å²) in [6, 6.07) is 12.8. The maximum Gasteiger partial charge on any atom is 0.125 e. The normalized spacial score (nSPS) is 10.3. The van der Waals surface area contributed by atoms with Gasteiger partial charge in [-0.2, -0.15) is 0 Å². The van der Waals surface area contributed by atoms with E-state index in [2.05, 4.69) is 5.32 Å². The van der Waals surface area contributed by atoms with Crippen LogP contribution in [-0.2, 0) is 6.54 Å². The molecule has 0 heterocycles. The van der Waals surface area contributed by atoms with E-state index in [9.17, 15) is 4.39 Å². The van der Waals surface area contributed by atoms with Gasteiger partial charge in [0, 0.05) is 17.8 Å². The first-order valence-electron chi connectivity index (χ1n) is 6.41. The van der Waals surface area contributed by atoms with E-state index in [1.807, 2.05) is 44.2 Å². The Balaban J connectivity index is 2.09. The molecule has 100 valence electrons. The van der Waals surface area contributed by atoms with E-state index in [4.69, 9.17) is 4.74 Å². The minimum atomic E-state index is -0.222. The molecule has 2 aromatic rings. The van der Waals surface area contributed by atoms with Gasteiger partial charge in [0.1, 0.15) is 11.6 Å². The second kappa shape index (κ2) is 6.23. The third-order valence-electron chi connectivity index (χ3n) is 2.80. The van der Waals surface area contributed by atoms with Gasteiger partial charge in [0.05, 0.1) is 6.61 Å². The Kier molecular flexibility index (Phi) is 4.39. The summed E-state index contributed by atoms with van der Waals surface area (Å²) < 4.78 is 18.8. The van der Waals surface area contributed by atoms with Crippen LogP contribution in [0, 0.1) is 12.7 Å². The monoisotopic (exact) mass is 259 g/mol. The molecule has 0 aliphatic carbocycles. The highest BCUT2D eigenvalue weighted by molar-refractivity contribution is 5.47. The number of benzene rings is 2. The van der Waals surface area contributed by atoms with Crippen LogP contribution >= 0.6 is 0 Å². The first kappa shape index (κ1) is 13.4. The van der Waals surface area contributed by atoms with Crippen LogP contribution < -0.4 is 10.1 Å². The molecule has 2 rings (SSSR count). The van der Waals surface area contributed by atoms with Crippen molar-refractivity contribution in [2.24, 2.45) is 0 Å². The van der Waals surface area contributed by atoms with Crippen LogP contribution in [0.15, 0.2) is 42.5 Å². The third kappa shape index (κ3) is 3.71. The van der Waals surface area contributed by atoms with Gasteiger partial charge in [0.15, 0.2) is 0 Å². The van der Waals surface area contributed by atoms with Gasteiger partial charge in [0.2, 0.25) is 0 Å². The minimum absolute atomic E-state index is 0.222. The highest BCUT2D eigenvalue weighted by atomic mass is 19.1. The van der Waals surface area contributed by atoms with E-state index in [1.165, 1.54) is 12.1 Å². The summed E-state index contributed by atoms with van der Waals surface area (Å²) >= 11 is 0. The molecule has 3 heteroatoms. The summed E-state index contributed by atoms with van der Waals surface area (Å²) in [4.78, 5) is 0. The topological polar surface area (TPSA) is 21.3 Å². The van der Waals surface area contributed by atoms with Gasteiger partial charge in [-0.1, -0.05) is 18.2 Å². The van der Waals surface area contributed by atoms with Gasteiger partial charge < -0.3 is 10.1 Å². The van der Waals surface area contributed by atoms with Crippen molar-refractivity contribution < 1.29 is 9.13 Å². The minimum Gasteiger partial charge on any atom is -0.494 e. The van der Waals surface area contributed by atoms with E-state index >= 15 is 0 Å². The standard InChI is InChI=1S/C16H18FNO/c1-3-19-16-7-5-4-6-13(16)11-18-15-9-12(2)8-14(17)10-15/h4-10,18H,3,11H2,1-2H3. The SMILES string of the molecule is CCOc1ccccc1CNc1cc(C)cc(F)c1. The van der Waals surface area contributed by atoms with Gasteiger partial charge in [-0.25, -0.2) is 4.39 Å². The Hall–Kier alpha value is -2.03. The Morgan fingerprint density at radius 3 is 2.68 bits per heavy atom. The van der Waals surface area contributed by atoms with Crippen molar-refractivity contribution in [3.8, 4) is 5.75 Å². The molecule has 0 aliphatic rings. The molecule has 0 bridgehead atoms. The Morgan fingerprint density at radius 2 is 1.95 bits per heavy atom. The summed E-state index contributed by atoms with van der Waals surface area (Å²) in [7, 11) is 0. The number of hydrogen-bond acceptors (Lipinski definition) is 2. The fraction of sp³-hybridized carbons (Fsp3) is 0.250. The van der Waals surface area contributed by atoms with E-state index in [-0.39, 0.29) is 5.82 Å². The second-order valence-corrected chi connectivity index (χ2v) is 4.41. The van der Waals surface area contributed by atoms with Gasteiger partial charge in [-0.15, -0.1) is 0 Å². The van der Waals surface area contributed by atoms with Crippen molar-refractivity contribution in [3.05, 3.63) is 59.4 Å². The summed E-state index contributed by atoms with van der Waals surface area (Å²) in [5.74, 6) is 0.645. The van der Waals surface area contributed by atoms with Crippen molar-refractivity contribution >= 4 is 5.69 Å². The van der Waals surface area contributed by atoms with E-state index in [0.29, 0.717) is 13.2 Å². The lowest BCUT2D eigenvalue weighted by Gasteiger charge is -2.12. The number of aryl methyl sites for hydroxylation is 1. The lowest BCUT2D eigenvalue weighted by atomic mass is 10.1. The summed E-state index contributed by atoms with van der Waals surface area (Å²) in [6.07, 6.45) is 0. The second-order valence-electron chi connectivity index (χ2n) is 4.41. The molecular formula is C16H18FNO. The molecule has 0 unspecified atom stereocenters. The van der Waals surface area contributed by atoms with Crippen LogP contribution in [0.25, 0.3) is 0 Å². The Morgan fingerprint density at radius 1 is 1.16 bits per heavy atom. The van der Waals surface area contributed by atoms with Crippen LogP contribution in [0.1, 0.15) is 18.1 Å². The average Bonchev–Trinajstić information content (AvgIpc) is 2.37. The average molecular weight is 259 g/mol. The highest BCUT2D eigenvalue weighted by Gasteiger charge is 2.03. The van der Waals surface area contributed by atoms with Gasteiger partial charge in [-0.05, 0) is 43.7 Å². The first-order chi connectivity index (χ1) is 9.19. The van der Waals surface area contributed by atoms with Crippen LogP contribution in [-0.4, -0.2) is 6.61 Å². The molecule has 0 spiro atoms. The molecule has 0 aliphatic heterocycles. The van der Waals surface area contributed by atoms with E-state index in [0.717, 1.165) is 22.6 Å². The van der Waals surface area contributed by atoms with E-state index in [1.54, 1.807) is 0 Å². The fourth-order valence-corrected chi connectivity index (χ4v) is 1.98. The Labute approximate surface area is 113 Å². The zero-order chi connectivity index (χ0) is 13.7. The maximum absolute atomic E-state index is 13.3. The largest absolute Gasteiger partial charge is 0.494 e. The summed E-state index contributed by atoms with van der Waals surface area (Å²) in [5.41, 5.74) is 2.75. The maximum atomic E-state index is 13.3. The smallest absolute Gasteiger partial charge is 0.125 e. The lowest BCUT2D eigenvalue weighted by Crippen LogP contribution is -2.03. The molecule has 0 saturated heterocycles. The zero-order valence-corrected chi connectivity index (χ0v) is 11.2. The third-order valence-corrected chi connectivity index (χ3v) is 2.80. The molecule has 0 saturated carbocycles. The van der Waals surface area contributed by atoms with E-state index < -0.39 is 0 Å². The summed E-state index contributed by atoms with van der Waals surface area (Å²) in [6.45, 7) is 5.08. The van der Waals surface area contributed by atoms with Crippen LogP contribution in [0.3, 0.4) is 0 Å². The van der Waals surface area contributed by atoms with Crippen molar-refractivity contribution in [3.63, 3.8) is 0 Å². The molecule has 1 N–H and O–H groups in total. The summed E-state index contributed by atoms with van der Waals surface area (Å²) in [5, 5.41) is 3.22. The lowest BCUT2D eigenvalue weighted by molar-refractivity contribution is 0.337. The number of hydrogen-bond donors (Lipinski definition) is 1. The molecule has 19 heavy (non-hydrogen) atoms. The van der Waals surface area contributed by atoms with Crippen LogP contribution in [0.2, 0.25) is 0 Å². The van der Waals surface area contributed by atoms with Crippen molar-refractivity contribution in [2.45, 2.75) is 20.4 Å². The Bertz CT molecular complexity index is 534. The van der Waals surface area contributed by atoms with Crippen LogP contribution in [0.4, 0.5) is 10.1 Å². The first-order valence-corrected chi connectivity index (χ1v) is 6.41. The van der Waals surface area contributed by atoms with Gasteiger partial charge in [-0.3, -0.25) is 0 Å². The van der Waals surface area contributed by atoms with Gasteiger partial charge in [0.25, 0.3) is 0 Å². The molecule has 0 radical (unpaired) electrons. The molecule has 2 aromatic carbocycles. The number of anilines is 1. The fourth-order valence-electron chi connectivity index (χ4n) is 1.98. The quantitative estimate of drug-likeness (QED) is 0.871. The predicted octanol–water partition coefficient (Wildman–Crippen LogP) is 4.14. The number of para-hydroxylation sites is 1. The molecule has 2 nitrogen and oxygen atoms in total. The van der Waals surface area contributed by atoms with Crippen molar-refractivity contribution in [1.82, 2.24) is 0 Å². The van der Waals surface area contributed by atoms with Gasteiger partial charge >= 0.3 is 0 Å². The molecule has 0 amide bonds. The zero-order valence-electron chi connectivity index (χ0n) is 11.2. The van der Waals surface area contributed by atoms with Crippen molar-refractivity contribution in [2.75, 3.05) is 11.9 Å². The molecular weight excluding hydrogens is 241 g/mol. The molecule has 0 fully saturated rings. The molecule has 0 aromatic heterocycles. The number of nitrogens with one attached hydrogen (secondary N) is 1. The number of rotatable bonds is 5. The predicted molar refractivity (Wildman–Crippen MR) is 76.1 cm³/mol. The number of ether oxygens (including phenoxy) is 1. The van der Waals surface area contributed by atoms with Crippen LogP contribution in [0.5, 0.6) is 5.75 Å². The number of halogens is 1.